The highest BCUT2D eigenvalue weighted by molar-refractivity contribution is 5.47. The SMILES string of the molecule is CC.CNCc1ccc(N2CCCCC2)cc1. The molecule has 1 N–H and O–H groups in total. The van der Waals surface area contributed by atoms with Crippen LogP contribution in [0.3, 0.4) is 0 Å². The molecule has 1 saturated heterocycles. The number of benzene rings is 1. The Morgan fingerprint density at radius 1 is 1.00 bits per heavy atom. The van der Waals surface area contributed by atoms with Crippen molar-refractivity contribution in [2.75, 3.05) is 25.0 Å². The van der Waals surface area contributed by atoms with Crippen molar-refractivity contribution < 1.29 is 0 Å². The highest BCUT2D eigenvalue weighted by Gasteiger charge is 2.09. The molecule has 1 aliphatic heterocycles. The molecule has 0 atom stereocenters. The predicted octanol–water partition coefficient (Wildman–Crippen LogP) is 3.42. The molecule has 0 aliphatic carbocycles. The van der Waals surface area contributed by atoms with Crippen LogP contribution in [0, 0.1) is 0 Å². The lowest BCUT2D eigenvalue weighted by atomic mass is 10.1. The molecule has 1 fully saturated rings. The molecule has 2 rings (SSSR count). The third-order valence-corrected chi connectivity index (χ3v) is 3.04. The number of nitrogens with one attached hydrogen (secondary N) is 1. The van der Waals surface area contributed by atoms with Crippen molar-refractivity contribution in [2.45, 2.75) is 39.7 Å². The maximum absolute atomic E-state index is 3.17. The second-order valence-electron chi connectivity index (χ2n) is 4.24. The minimum atomic E-state index is 0.959. The molecule has 2 nitrogen and oxygen atoms in total. The first kappa shape index (κ1) is 14.0. The van der Waals surface area contributed by atoms with Gasteiger partial charge in [-0.1, -0.05) is 26.0 Å². The van der Waals surface area contributed by atoms with E-state index in [0.29, 0.717) is 0 Å². The topological polar surface area (TPSA) is 15.3 Å². The highest BCUT2D eigenvalue weighted by atomic mass is 15.1. The quantitative estimate of drug-likeness (QED) is 0.862. The summed E-state index contributed by atoms with van der Waals surface area (Å²) in [4.78, 5) is 2.49. The van der Waals surface area contributed by atoms with Gasteiger partial charge in [0.2, 0.25) is 0 Å². The predicted molar refractivity (Wildman–Crippen MR) is 76.6 cm³/mol. The van der Waals surface area contributed by atoms with Crippen LogP contribution in [0.5, 0.6) is 0 Å². The lowest BCUT2D eigenvalue weighted by molar-refractivity contribution is 0.578. The van der Waals surface area contributed by atoms with E-state index < -0.39 is 0 Å². The van der Waals surface area contributed by atoms with Crippen LogP contribution in [0.2, 0.25) is 0 Å². The van der Waals surface area contributed by atoms with Crippen LogP contribution >= 0.6 is 0 Å². The molecule has 96 valence electrons. The Bertz CT molecular complexity index is 286. The van der Waals surface area contributed by atoms with Gasteiger partial charge in [0.25, 0.3) is 0 Å². The molecular formula is C15H26N2. The van der Waals surface area contributed by atoms with Gasteiger partial charge >= 0.3 is 0 Å². The Labute approximate surface area is 106 Å². The van der Waals surface area contributed by atoms with E-state index in [2.05, 4.69) is 34.5 Å². The number of hydrogen-bond acceptors (Lipinski definition) is 2. The van der Waals surface area contributed by atoms with Crippen LogP contribution in [-0.2, 0) is 6.54 Å². The van der Waals surface area contributed by atoms with Gasteiger partial charge < -0.3 is 10.2 Å². The summed E-state index contributed by atoms with van der Waals surface area (Å²) in [5.41, 5.74) is 2.74. The van der Waals surface area contributed by atoms with Crippen molar-refractivity contribution in [3.8, 4) is 0 Å². The Morgan fingerprint density at radius 2 is 1.59 bits per heavy atom. The number of hydrogen-bond donors (Lipinski definition) is 1. The van der Waals surface area contributed by atoms with Gasteiger partial charge in [0.05, 0.1) is 0 Å². The molecule has 1 aromatic rings. The fourth-order valence-corrected chi connectivity index (χ4v) is 2.18. The van der Waals surface area contributed by atoms with Gasteiger partial charge in [0, 0.05) is 25.3 Å². The van der Waals surface area contributed by atoms with Crippen LogP contribution in [0.25, 0.3) is 0 Å². The third kappa shape index (κ3) is 4.39. The minimum Gasteiger partial charge on any atom is -0.372 e. The molecule has 2 heteroatoms. The molecule has 0 aromatic heterocycles. The van der Waals surface area contributed by atoms with Crippen LogP contribution in [-0.4, -0.2) is 20.1 Å². The van der Waals surface area contributed by atoms with Crippen LogP contribution in [0.1, 0.15) is 38.7 Å². The molecule has 0 bridgehead atoms. The van der Waals surface area contributed by atoms with E-state index in [4.69, 9.17) is 0 Å². The summed E-state index contributed by atoms with van der Waals surface area (Å²) < 4.78 is 0. The number of rotatable bonds is 3. The molecule has 1 aliphatic rings. The smallest absolute Gasteiger partial charge is 0.0366 e. The summed E-state index contributed by atoms with van der Waals surface area (Å²) in [6.45, 7) is 7.41. The average Bonchev–Trinajstić information content (AvgIpc) is 2.43. The van der Waals surface area contributed by atoms with Crippen molar-refractivity contribution in [3.63, 3.8) is 0 Å². The fraction of sp³-hybridized carbons (Fsp3) is 0.600. The van der Waals surface area contributed by atoms with Gasteiger partial charge in [0.1, 0.15) is 0 Å². The maximum Gasteiger partial charge on any atom is 0.0366 e. The van der Waals surface area contributed by atoms with E-state index in [0.717, 1.165) is 6.54 Å². The summed E-state index contributed by atoms with van der Waals surface area (Å²) in [7, 11) is 1.98. The van der Waals surface area contributed by atoms with Crippen LogP contribution < -0.4 is 10.2 Å². The summed E-state index contributed by atoms with van der Waals surface area (Å²) >= 11 is 0. The van der Waals surface area contributed by atoms with Crippen LogP contribution in [0.4, 0.5) is 5.69 Å². The van der Waals surface area contributed by atoms with Gasteiger partial charge in [0.15, 0.2) is 0 Å². The first-order valence-electron chi connectivity index (χ1n) is 6.88. The van der Waals surface area contributed by atoms with Crippen LogP contribution in [0.15, 0.2) is 24.3 Å². The zero-order valence-electron chi connectivity index (χ0n) is 11.5. The standard InChI is InChI=1S/C13H20N2.C2H6/c1-14-11-12-5-7-13(8-6-12)15-9-3-2-4-10-15;1-2/h5-8,14H,2-4,9-11H2,1H3;1-2H3. The summed E-state index contributed by atoms with van der Waals surface area (Å²) in [5.74, 6) is 0. The first-order chi connectivity index (χ1) is 8.40. The van der Waals surface area contributed by atoms with Gasteiger partial charge in [-0.15, -0.1) is 0 Å². The van der Waals surface area contributed by atoms with E-state index in [-0.39, 0.29) is 0 Å². The summed E-state index contributed by atoms with van der Waals surface area (Å²) in [6.07, 6.45) is 4.09. The summed E-state index contributed by atoms with van der Waals surface area (Å²) in [6, 6.07) is 8.94. The Morgan fingerprint density at radius 3 is 2.12 bits per heavy atom. The molecule has 0 unspecified atom stereocenters. The summed E-state index contributed by atoms with van der Waals surface area (Å²) in [5, 5.41) is 3.17. The largest absolute Gasteiger partial charge is 0.372 e. The van der Waals surface area contributed by atoms with E-state index in [1.54, 1.807) is 0 Å². The van der Waals surface area contributed by atoms with E-state index in [1.807, 2.05) is 20.9 Å². The van der Waals surface area contributed by atoms with Gasteiger partial charge in [-0.25, -0.2) is 0 Å². The maximum atomic E-state index is 3.17. The molecular weight excluding hydrogens is 208 g/mol. The van der Waals surface area contributed by atoms with Crippen molar-refractivity contribution in [2.24, 2.45) is 0 Å². The Balaban J connectivity index is 0.000000686. The Hall–Kier alpha value is -1.02. The van der Waals surface area contributed by atoms with Crippen molar-refractivity contribution >= 4 is 5.69 Å². The molecule has 1 heterocycles. The van der Waals surface area contributed by atoms with E-state index >= 15 is 0 Å². The number of nitrogens with zero attached hydrogens (tertiary/aromatic N) is 1. The number of anilines is 1. The molecule has 0 radical (unpaired) electrons. The molecule has 0 spiro atoms. The highest BCUT2D eigenvalue weighted by Crippen LogP contribution is 2.19. The van der Waals surface area contributed by atoms with Gasteiger partial charge in [-0.05, 0) is 44.0 Å². The van der Waals surface area contributed by atoms with Crippen molar-refractivity contribution in [1.29, 1.82) is 0 Å². The van der Waals surface area contributed by atoms with Crippen molar-refractivity contribution in [3.05, 3.63) is 29.8 Å². The lowest BCUT2D eigenvalue weighted by Crippen LogP contribution is -2.29. The monoisotopic (exact) mass is 234 g/mol. The zero-order valence-corrected chi connectivity index (χ0v) is 11.5. The normalized spacial score (nSPS) is 15.1. The molecule has 0 saturated carbocycles. The second-order valence-corrected chi connectivity index (χ2v) is 4.24. The average molecular weight is 234 g/mol. The zero-order chi connectivity index (χ0) is 12.5. The van der Waals surface area contributed by atoms with E-state index in [1.165, 1.54) is 43.6 Å². The molecule has 0 amide bonds. The van der Waals surface area contributed by atoms with Gasteiger partial charge in [-0.2, -0.15) is 0 Å². The molecule has 17 heavy (non-hydrogen) atoms. The fourth-order valence-electron chi connectivity index (χ4n) is 2.18. The second kappa shape index (κ2) is 8.13. The molecule has 1 aromatic carbocycles. The van der Waals surface area contributed by atoms with Crippen molar-refractivity contribution in [1.82, 2.24) is 5.32 Å². The Kier molecular flexibility index (Phi) is 6.71. The minimum absolute atomic E-state index is 0.959. The third-order valence-electron chi connectivity index (χ3n) is 3.04. The lowest BCUT2D eigenvalue weighted by Gasteiger charge is -2.28. The van der Waals surface area contributed by atoms with Gasteiger partial charge in [-0.3, -0.25) is 0 Å². The number of piperidine rings is 1. The van der Waals surface area contributed by atoms with E-state index in [9.17, 15) is 0 Å². The first-order valence-corrected chi connectivity index (χ1v) is 6.88.